The Morgan fingerprint density at radius 1 is 0.972 bits per heavy atom. The third-order valence-electron chi connectivity index (χ3n) is 6.16. The Morgan fingerprint density at radius 2 is 1.61 bits per heavy atom. The van der Waals surface area contributed by atoms with E-state index in [0.29, 0.717) is 17.2 Å². The van der Waals surface area contributed by atoms with Gasteiger partial charge in [0, 0.05) is 12.8 Å². The van der Waals surface area contributed by atoms with Crippen molar-refractivity contribution in [3.05, 3.63) is 83.9 Å². The van der Waals surface area contributed by atoms with Gasteiger partial charge in [0.05, 0.1) is 25.5 Å². The predicted molar refractivity (Wildman–Crippen MR) is 135 cm³/mol. The molecule has 0 spiro atoms. The Balaban J connectivity index is 1.46. The van der Waals surface area contributed by atoms with Gasteiger partial charge in [-0.3, -0.25) is 4.79 Å². The Hall–Kier alpha value is -4.33. The third kappa shape index (κ3) is 5.17. The number of benzene rings is 3. The summed E-state index contributed by atoms with van der Waals surface area (Å²) in [5.74, 6) is -0.330. The Kier molecular flexibility index (Phi) is 7.24. The minimum Gasteiger partial charge on any atom is -0.496 e. The molecule has 0 bridgehead atoms. The molecule has 1 aliphatic rings. The van der Waals surface area contributed by atoms with E-state index in [4.69, 9.17) is 14.3 Å². The zero-order valence-electron chi connectivity index (χ0n) is 20.4. The molecule has 2 N–H and O–H groups in total. The molecule has 0 radical (unpaired) electrons. The van der Waals surface area contributed by atoms with Crippen molar-refractivity contribution in [2.24, 2.45) is 5.16 Å². The van der Waals surface area contributed by atoms with E-state index in [1.807, 2.05) is 72.8 Å². The fourth-order valence-corrected chi connectivity index (χ4v) is 4.14. The van der Waals surface area contributed by atoms with Crippen LogP contribution in [0.1, 0.15) is 24.5 Å². The molecule has 36 heavy (non-hydrogen) atoms. The van der Waals surface area contributed by atoms with E-state index in [2.05, 4.69) is 10.5 Å². The molecule has 0 saturated heterocycles. The fraction of sp³-hybridized carbons (Fsp3) is 0.250. The SMILES string of the molecule is COc1cccc(OC)c1-c1ccc(CC(NC(=O)C2(C)CC(c3ccccc3)=NO2)C(=O)O)cc1. The number of nitrogens with one attached hydrogen (secondary N) is 1. The summed E-state index contributed by atoms with van der Waals surface area (Å²) >= 11 is 0. The van der Waals surface area contributed by atoms with E-state index in [0.717, 1.165) is 22.3 Å². The topological polar surface area (TPSA) is 106 Å². The van der Waals surface area contributed by atoms with Crippen LogP contribution < -0.4 is 14.8 Å². The molecule has 0 saturated carbocycles. The molecule has 1 amide bonds. The van der Waals surface area contributed by atoms with Crippen LogP contribution >= 0.6 is 0 Å². The molecule has 1 aliphatic heterocycles. The predicted octanol–water partition coefficient (Wildman–Crippen LogP) is 4.07. The van der Waals surface area contributed by atoms with Crippen molar-refractivity contribution in [1.82, 2.24) is 5.32 Å². The molecular weight excluding hydrogens is 460 g/mol. The van der Waals surface area contributed by atoms with E-state index in [9.17, 15) is 14.7 Å². The molecule has 186 valence electrons. The van der Waals surface area contributed by atoms with Crippen LogP contribution in [0.15, 0.2) is 78.0 Å². The highest BCUT2D eigenvalue weighted by Gasteiger charge is 2.43. The lowest BCUT2D eigenvalue weighted by Gasteiger charge is -2.23. The third-order valence-corrected chi connectivity index (χ3v) is 6.16. The van der Waals surface area contributed by atoms with Gasteiger partial charge in [-0.05, 0) is 35.7 Å². The first kappa shape index (κ1) is 24.8. The van der Waals surface area contributed by atoms with Gasteiger partial charge in [0.15, 0.2) is 0 Å². The van der Waals surface area contributed by atoms with Crippen LogP contribution in [0.4, 0.5) is 0 Å². The zero-order chi connectivity index (χ0) is 25.7. The maximum absolute atomic E-state index is 13.0. The number of hydrogen-bond acceptors (Lipinski definition) is 6. The lowest BCUT2D eigenvalue weighted by Crippen LogP contribution is -2.51. The van der Waals surface area contributed by atoms with Crippen molar-refractivity contribution in [1.29, 1.82) is 0 Å². The number of carboxylic acids is 1. The molecule has 4 rings (SSSR count). The minimum absolute atomic E-state index is 0.104. The average Bonchev–Trinajstić information content (AvgIpc) is 3.32. The summed E-state index contributed by atoms with van der Waals surface area (Å²) in [6.07, 6.45) is 0.345. The highest BCUT2D eigenvalue weighted by Crippen LogP contribution is 2.38. The molecule has 1 heterocycles. The second-order valence-electron chi connectivity index (χ2n) is 8.71. The molecule has 0 fully saturated rings. The number of nitrogens with zero attached hydrogens (tertiary/aromatic N) is 1. The van der Waals surface area contributed by atoms with Crippen LogP contribution in [0.3, 0.4) is 0 Å². The second-order valence-corrected chi connectivity index (χ2v) is 8.71. The molecular formula is C28H28N2O6. The lowest BCUT2D eigenvalue weighted by atomic mass is 9.94. The van der Waals surface area contributed by atoms with Gasteiger partial charge in [-0.1, -0.05) is 65.8 Å². The molecule has 0 aliphatic carbocycles. The number of carbonyl (C=O) groups excluding carboxylic acids is 1. The van der Waals surface area contributed by atoms with Crippen LogP contribution in [0.5, 0.6) is 11.5 Å². The number of carbonyl (C=O) groups is 2. The Morgan fingerprint density at radius 3 is 2.19 bits per heavy atom. The quantitative estimate of drug-likeness (QED) is 0.470. The first-order valence-corrected chi connectivity index (χ1v) is 11.5. The van der Waals surface area contributed by atoms with Crippen LogP contribution in [0.25, 0.3) is 11.1 Å². The Labute approximate surface area is 209 Å². The van der Waals surface area contributed by atoms with Crippen molar-refractivity contribution < 1.29 is 29.0 Å². The van der Waals surface area contributed by atoms with Crippen molar-refractivity contribution in [2.75, 3.05) is 14.2 Å². The van der Waals surface area contributed by atoms with Gasteiger partial charge in [-0.2, -0.15) is 0 Å². The summed E-state index contributed by atoms with van der Waals surface area (Å²) in [7, 11) is 3.18. The number of aliphatic carboxylic acids is 1. The first-order valence-electron chi connectivity index (χ1n) is 11.5. The smallest absolute Gasteiger partial charge is 0.326 e. The largest absolute Gasteiger partial charge is 0.496 e. The number of carboxylic acid groups (broad SMARTS) is 1. The van der Waals surface area contributed by atoms with Gasteiger partial charge in [0.2, 0.25) is 5.60 Å². The number of rotatable bonds is 9. The molecule has 2 unspecified atom stereocenters. The lowest BCUT2D eigenvalue weighted by molar-refractivity contribution is -0.148. The average molecular weight is 489 g/mol. The molecule has 3 aromatic carbocycles. The molecule has 2 atom stereocenters. The second kappa shape index (κ2) is 10.5. The van der Waals surface area contributed by atoms with Crippen molar-refractivity contribution >= 4 is 17.6 Å². The van der Waals surface area contributed by atoms with E-state index in [1.54, 1.807) is 21.1 Å². The minimum atomic E-state index is -1.29. The monoisotopic (exact) mass is 488 g/mol. The number of methoxy groups -OCH3 is 2. The standard InChI is InChI=1S/C28H28N2O6/c1-28(17-22(30-36-28)19-8-5-4-6-9-19)27(33)29-21(26(31)32)16-18-12-14-20(15-13-18)25-23(34-2)10-7-11-24(25)35-3/h4-15,21H,16-17H2,1-3H3,(H,29,33)(H,31,32). The maximum atomic E-state index is 13.0. The summed E-state index contributed by atoms with van der Waals surface area (Å²) in [4.78, 5) is 30.5. The van der Waals surface area contributed by atoms with Gasteiger partial charge in [0.25, 0.3) is 5.91 Å². The van der Waals surface area contributed by atoms with Crippen molar-refractivity contribution in [2.45, 2.75) is 31.4 Å². The molecule has 3 aromatic rings. The van der Waals surface area contributed by atoms with E-state index in [1.165, 1.54) is 0 Å². The van der Waals surface area contributed by atoms with Crippen LogP contribution in [-0.4, -0.2) is 48.6 Å². The number of hydrogen-bond donors (Lipinski definition) is 2. The highest BCUT2D eigenvalue weighted by molar-refractivity contribution is 6.05. The van der Waals surface area contributed by atoms with Gasteiger partial charge in [-0.15, -0.1) is 0 Å². The summed E-state index contributed by atoms with van der Waals surface area (Å²) in [5, 5.41) is 16.5. The van der Waals surface area contributed by atoms with Gasteiger partial charge >= 0.3 is 5.97 Å². The maximum Gasteiger partial charge on any atom is 0.326 e. The van der Waals surface area contributed by atoms with Gasteiger partial charge in [0.1, 0.15) is 17.5 Å². The summed E-state index contributed by atoms with van der Waals surface area (Å²) in [6.45, 7) is 1.61. The van der Waals surface area contributed by atoms with Crippen LogP contribution in [0.2, 0.25) is 0 Å². The number of oxime groups is 1. The van der Waals surface area contributed by atoms with Gasteiger partial charge in [-0.25, -0.2) is 4.79 Å². The van der Waals surface area contributed by atoms with Crippen LogP contribution in [-0.2, 0) is 20.8 Å². The zero-order valence-corrected chi connectivity index (χ0v) is 20.4. The first-order chi connectivity index (χ1) is 17.3. The summed E-state index contributed by atoms with van der Waals surface area (Å²) in [6, 6.07) is 21.2. The highest BCUT2D eigenvalue weighted by atomic mass is 16.7. The number of amides is 1. The number of ether oxygens (including phenoxy) is 2. The van der Waals surface area contributed by atoms with E-state index >= 15 is 0 Å². The molecule has 8 heteroatoms. The summed E-state index contributed by atoms with van der Waals surface area (Å²) in [5.41, 5.74) is 2.62. The molecule has 8 nitrogen and oxygen atoms in total. The van der Waals surface area contributed by atoms with Crippen LogP contribution in [0, 0.1) is 0 Å². The van der Waals surface area contributed by atoms with Gasteiger partial charge < -0.3 is 24.7 Å². The van der Waals surface area contributed by atoms with E-state index < -0.39 is 23.5 Å². The van der Waals surface area contributed by atoms with Crippen molar-refractivity contribution in [3.63, 3.8) is 0 Å². The summed E-state index contributed by atoms with van der Waals surface area (Å²) < 4.78 is 11.0. The van der Waals surface area contributed by atoms with Crippen molar-refractivity contribution in [3.8, 4) is 22.6 Å². The fourth-order valence-electron chi connectivity index (χ4n) is 4.14. The molecule has 0 aromatic heterocycles. The Bertz CT molecular complexity index is 1250. The normalized spacial score (nSPS) is 17.5. The van der Waals surface area contributed by atoms with E-state index in [-0.39, 0.29) is 12.8 Å².